The zero-order chi connectivity index (χ0) is 13.9. The van der Waals surface area contributed by atoms with Gasteiger partial charge in [-0.1, -0.05) is 35.2 Å². The molecule has 1 aliphatic carbocycles. The van der Waals surface area contributed by atoms with E-state index in [1.54, 1.807) is 18.2 Å². The number of carbonyl (C=O) groups is 1. The van der Waals surface area contributed by atoms with E-state index in [-0.39, 0.29) is 5.54 Å². The van der Waals surface area contributed by atoms with Gasteiger partial charge in [0, 0.05) is 4.47 Å². The monoisotopic (exact) mass is 326 g/mol. The molecule has 1 aliphatic rings. The largest absolute Gasteiger partial charge is 0.491 e. The van der Waals surface area contributed by atoms with Crippen LogP contribution in [0.15, 0.2) is 22.7 Å². The van der Waals surface area contributed by atoms with Crippen LogP contribution in [0.1, 0.15) is 42.5 Å². The van der Waals surface area contributed by atoms with Crippen LogP contribution in [0.5, 0.6) is 5.75 Å². The summed E-state index contributed by atoms with van der Waals surface area (Å²) in [6.07, 6.45) is 5.45. The lowest BCUT2D eigenvalue weighted by Gasteiger charge is -2.33. The van der Waals surface area contributed by atoms with E-state index in [9.17, 15) is 4.79 Å². The van der Waals surface area contributed by atoms with Crippen molar-refractivity contribution in [2.24, 2.45) is 11.5 Å². The maximum atomic E-state index is 11.4. The molecule has 0 radical (unpaired) electrons. The molecule has 2 rings (SSSR count). The van der Waals surface area contributed by atoms with E-state index in [0.717, 1.165) is 30.2 Å². The first kappa shape index (κ1) is 14.3. The van der Waals surface area contributed by atoms with Crippen LogP contribution in [0.3, 0.4) is 0 Å². The summed E-state index contributed by atoms with van der Waals surface area (Å²) in [5.74, 6) is 0.00879. The van der Waals surface area contributed by atoms with Gasteiger partial charge in [0.1, 0.15) is 12.4 Å². The van der Waals surface area contributed by atoms with Crippen LogP contribution in [0, 0.1) is 0 Å². The molecule has 0 bridgehead atoms. The van der Waals surface area contributed by atoms with Crippen molar-refractivity contribution < 1.29 is 9.53 Å². The molecule has 0 aromatic heterocycles. The van der Waals surface area contributed by atoms with Crippen molar-refractivity contribution in [1.29, 1.82) is 0 Å². The van der Waals surface area contributed by atoms with E-state index in [2.05, 4.69) is 15.9 Å². The summed E-state index contributed by atoms with van der Waals surface area (Å²) in [6.45, 7) is 0.420. The zero-order valence-corrected chi connectivity index (χ0v) is 12.4. The Morgan fingerprint density at radius 2 is 2.00 bits per heavy atom. The lowest BCUT2D eigenvalue weighted by Crippen LogP contribution is -2.47. The minimum atomic E-state index is -0.489. The van der Waals surface area contributed by atoms with Crippen molar-refractivity contribution in [2.45, 2.75) is 37.6 Å². The number of hydrogen-bond acceptors (Lipinski definition) is 3. The van der Waals surface area contributed by atoms with Crippen molar-refractivity contribution in [3.63, 3.8) is 0 Å². The summed E-state index contributed by atoms with van der Waals surface area (Å²) < 4.78 is 6.62. The number of carbonyl (C=O) groups excluding carboxylic acids is 1. The van der Waals surface area contributed by atoms with Gasteiger partial charge in [-0.2, -0.15) is 0 Å². The molecule has 1 saturated carbocycles. The average Bonchev–Trinajstić information content (AvgIpc) is 2.37. The predicted molar refractivity (Wildman–Crippen MR) is 78.2 cm³/mol. The highest BCUT2D eigenvalue weighted by atomic mass is 79.9. The Kier molecular flexibility index (Phi) is 4.47. The van der Waals surface area contributed by atoms with Crippen LogP contribution in [-0.2, 0) is 0 Å². The Bertz CT molecular complexity index is 471. The minimum Gasteiger partial charge on any atom is -0.491 e. The summed E-state index contributed by atoms with van der Waals surface area (Å²) in [7, 11) is 0. The fraction of sp³-hybridized carbons (Fsp3) is 0.500. The smallest absolute Gasteiger partial charge is 0.252 e. The fourth-order valence-electron chi connectivity index (χ4n) is 2.44. The summed E-state index contributed by atoms with van der Waals surface area (Å²) in [5, 5.41) is 0. The van der Waals surface area contributed by atoms with Crippen molar-refractivity contribution in [1.82, 2.24) is 0 Å². The number of benzene rings is 1. The van der Waals surface area contributed by atoms with E-state index in [0.29, 0.717) is 17.9 Å². The maximum Gasteiger partial charge on any atom is 0.252 e. The van der Waals surface area contributed by atoms with Crippen molar-refractivity contribution >= 4 is 21.8 Å². The van der Waals surface area contributed by atoms with E-state index in [1.165, 1.54) is 6.42 Å². The lowest BCUT2D eigenvalue weighted by molar-refractivity contribution is 0.0992. The first-order chi connectivity index (χ1) is 9.00. The fourth-order valence-corrected chi connectivity index (χ4v) is 2.78. The number of amides is 1. The molecular weight excluding hydrogens is 308 g/mol. The number of nitrogens with two attached hydrogens (primary N) is 2. The van der Waals surface area contributed by atoms with Gasteiger partial charge in [0.25, 0.3) is 5.91 Å². The third-order valence-corrected chi connectivity index (χ3v) is 4.07. The summed E-state index contributed by atoms with van der Waals surface area (Å²) in [6, 6.07) is 5.18. The third-order valence-electron chi connectivity index (χ3n) is 3.57. The van der Waals surface area contributed by atoms with Crippen molar-refractivity contribution in [3.05, 3.63) is 28.2 Å². The molecule has 0 aliphatic heterocycles. The highest BCUT2D eigenvalue weighted by molar-refractivity contribution is 9.10. The Hall–Kier alpha value is -1.07. The van der Waals surface area contributed by atoms with Gasteiger partial charge in [0.05, 0.1) is 11.1 Å². The quantitative estimate of drug-likeness (QED) is 0.892. The van der Waals surface area contributed by atoms with Gasteiger partial charge in [-0.05, 0) is 31.0 Å². The number of rotatable bonds is 4. The van der Waals surface area contributed by atoms with Gasteiger partial charge in [0.15, 0.2) is 0 Å². The van der Waals surface area contributed by atoms with Gasteiger partial charge in [-0.15, -0.1) is 0 Å². The molecule has 0 saturated heterocycles. The first-order valence-corrected chi connectivity index (χ1v) is 7.30. The highest BCUT2D eigenvalue weighted by Crippen LogP contribution is 2.29. The molecule has 0 heterocycles. The van der Waals surface area contributed by atoms with Gasteiger partial charge < -0.3 is 16.2 Å². The Morgan fingerprint density at radius 3 is 2.63 bits per heavy atom. The Morgan fingerprint density at radius 1 is 1.32 bits per heavy atom. The highest BCUT2D eigenvalue weighted by Gasteiger charge is 2.28. The average molecular weight is 327 g/mol. The van der Waals surface area contributed by atoms with Crippen LogP contribution in [-0.4, -0.2) is 18.1 Å². The lowest BCUT2D eigenvalue weighted by atomic mass is 9.83. The van der Waals surface area contributed by atoms with Gasteiger partial charge >= 0.3 is 0 Å². The minimum absolute atomic E-state index is 0.282. The van der Waals surface area contributed by atoms with Crippen LogP contribution in [0.4, 0.5) is 0 Å². The molecule has 19 heavy (non-hydrogen) atoms. The number of hydrogen-bond donors (Lipinski definition) is 2. The predicted octanol–water partition coefficient (Wildman–Crippen LogP) is 2.59. The van der Waals surface area contributed by atoms with Crippen LogP contribution in [0.25, 0.3) is 0 Å². The molecule has 4 N–H and O–H groups in total. The number of primary amides is 1. The molecule has 0 unspecified atom stereocenters. The van der Waals surface area contributed by atoms with Crippen molar-refractivity contribution in [2.75, 3.05) is 6.61 Å². The molecule has 5 heteroatoms. The standard InChI is InChI=1S/C14H19BrN2O2/c15-10-4-5-11(13(16)18)12(8-10)19-9-14(17)6-2-1-3-7-14/h4-5,8H,1-3,6-7,9,17H2,(H2,16,18). The zero-order valence-electron chi connectivity index (χ0n) is 10.8. The maximum absolute atomic E-state index is 11.4. The molecule has 1 amide bonds. The topological polar surface area (TPSA) is 78.3 Å². The Labute approximate surface area is 121 Å². The normalized spacial score (nSPS) is 18.0. The van der Waals surface area contributed by atoms with Gasteiger partial charge in [-0.25, -0.2) is 0 Å². The molecule has 0 spiro atoms. The molecule has 1 fully saturated rings. The second-order valence-corrected chi connectivity index (χ2v) is 6.13. The second-order valence-electron chi connectivity index (χ2n) is 5.22. The number of ether oxygens (including phenoxy) is 1. The van der Waals surface area contributed by atoms with E-state index >= 15 is 0 Å². The van der Waals surface area contributed by atoms with Gasteiger partial charge in [-0.3, -0.25) is 4.79 Å². The molecule has 0 atom stereocenters. The molecule has 4 nitrogen and oxygen atoms in total. The third kappa shape index (κ3) is 3.70. The summed E-state index contributed by atoms with van der Waals surface area (Å²) in [4.78, 5) is 11.4. The van der Waals surface area contributed by atoms with Crippen LogP contribution in [0.2, 0.25) is 0 Å². The molecular formula is C14H19BrN2O2. The second kappa shape index (κ2) is 5.92. The van der Waals surface area contributed by atoms with Gasteiger partial charge in [0.2, 0.25) is 0 Å². The van der Waals surface area contributed by atoms with E-state index in [4.69, 9.17) is 16.2 Å². The Balaban J connectivity index is 2.10. The summed E-state index contributed by atoms with van der Waals surface area (Å²) in [5.41, 5.74) is 11.8. The van der Waals surface area contributed by atoms with Crippen LogP contribution >= 0.6 is 15.9 Å². The SMILES string of the molecule is NC(=O)c1ccc(Br)cc1OCC1(N)CCCCC1. The molecule has 104 valence electrons. The summed E-state index contributed by atoms with van der Waals surface area (Å²) >= 11 is 3.36. The van der Waals surface area contributed by atoms with Crippen LogP contribution < -0.4 is 16.2 Å². The van der Waals surface area contributed by atoms with Crippen molar-refractivity contribution in [3.8, 4) is 5.75 Å². The van der Waals surface area contributed by atoms with E-state index in [1.807, 2.05) is 0 Å². The first-order valence-electron chi connectivity index (χ1n) is 6.51. The molecule has 1 aromatic carbocycles. The molecule has 1 aromatic rings. The van der Waals surface area contributed by atoms with E-state index < -0.39 is 5.91 Å². The number of halogens is 1.